The van der Waals surface area contributed by atoms with E-state index < -0.39 is 11.7 Å². The Labute approximate surface area is 236 Å². The topological polar surface area (TPSA) is 101 Å². The quantitative estimate of drug-likeness (QED) is 0.407. The van der Waals surface area contributed by atoms with Gasteiger partial charge in [-0.2, -0.15) is 13.2 Å². The maximum Gasteiger partial charge on any atom is 0.416 e. The van der Waals surface area contributed by atoms with Gasteiger partial charge in [-0.1, -0.05) is 19.1 Å². The van der Waals surface area contributed by atoms with Crippen LogP contribution in [0, 0.1) is 6.92 Å². The van der Waals surface area contributed by atoms with Gasteiger partial charge in [0.25, 0.3) is 0 Å². The van der Waals surface area contributed by atoms with Gasteiger partial charge in [-0.15, -0.1) is 5.10 Å². The molecule has 4 heterocycles. The van der Waals surface area contributed by atoms with E-state index in [4.69, 9.17) is 20.3 Å². The first kappa shape index (κ1) is 29.1. The Morgan fingerprint density at radius 2 is 1.80 bits per heavy atom. The average molecular weight is 576 g/mol. The number of nitrogen functional groups attached to an aromatic ring is 1. The number of aromatic nitrogens is 3. The first-order valence-corrected chi connectivity index (χ1v) is 13.9. The Hall–Kier alpha value is -3.42. The number of hydrogen-bond acceptors (Lipinski definition) is 9. The third-order valence-corrected chi connectivity index (χ3v) is 7.85. The summed E-state index contributed by atoms with van der Waals surface area (Å²) in [6.07, 6.45) is -4.38. The summed E-state index contributed by atoms with van der Waals surface area (Å²) in [5, 5.41) is 4.78. The minimum absolute atomic E-state index is 0.0990. The lowest BCUT2D eigenvalue weighted by Gasteiger charge is -2.33. The number of halogens is 3. The van der Waals surface area contributed by atoms with Crippen LogP contribution in [0.1, 0.15) is 35.0 Å². The number of anilines is 2. The standard InChI is InChI=1S/C28H36F3N7O3/c1-3-35-7-9-36(10-8-35)17-26(39)41-18-23-24(15-20-5-4-6-21(19(20)2)28(29,30)31)38-27(33-23)22(32)16-25(34-38)37-11-13-40-14-12-37/h4-6,16H,3,7-15,17-18,32H2,1-2H3. The van der Waals surface area contributed by atoms with Gasteiger partial charge in [0, 0.05) is 51.8 Å². The molecule has 13 heteroatoms. The molecule has 0 unspecified atom stereocenters. The Morgan fingerprint density at radius 1 is 1.10 bits per heavy atom. The summed E-state index contributed by atoms with van der Waals surface area (Å²) in [6.45, 7) is 10.3. The molecule has 3 aromatic rings. The minimum Gasteiger partial charge on any atom is -0.458 e. The van der Waals surface area contributed by atoms with Crippen molar-refractivity contribution in [3.63, 3.8) is 0 Å². The van der Waals surface area contributed by atoms with Crippen LogP contribution in [-0.4, -0.2) is 95.9 Å². The summed E-state index contributed by atoms with van der Waals surface area (Å²) in [6, 6.07) is 5.86. The number of morpholine rings is 1. The zero-order valence-electron chi connectivity index (χ0n) is 23.4. The van der Waals surface area contributed by atoms with Crippen LogP contribution in [0.15, 0.2) is 24.3 Å². The van der Waals surface area contributed by atoms with Gasteiger partial charge in [0.05, 0.1) is 36.7 Å². The molecule has 0 amide bonds. The summed E-state index contributed by atoms with van der Waals surface area (Å²) in [4.78, 5) is 23.8. The highest BCUT2D eigenvalue weighted by atomic mass is 19.4. The van der Waals surface area contributed by atoms with Crippen molar-refractivity contribution in [2.45, 2.75) is 33.1 Å². The fraction of sp³-hybridized carbons (Fsp3) is 0.536. The van der Waals surface area contributed by atoms with Crippen molar-refractivity contribution in [1.82, 2.24) is 24.4 Å². The highest BCUT2D eigenvalue weighted by Gasteiger charge is 2.33. The van der Waals surface area contributed by atoms with Crippen molar-refractivity contribution in [3.8, 4) is 0 Å². The van der Waals surface area contributed by atoms with Crippen LogP contribution >= 0.6 is 0 Å². The van der Waals surface area contributed by atoms with E-state index in [0.29, 0.717) is 60.4 Å². The largest absolute Gasteiger partial charge is 0.458 e. The monoisotopic (exact) mass is 575 g/mol. The number of alkyl halides is 3. The second-order valence-electron chi connectivity index (χ2n) is 10.4. The van der Waals surface area contributed by atoms with Crippen molar-refractivity contribution in [2.75, 3.05) is 76.2 Å². The zero-order valence-corrected chi connectivity index (χ0v) is 23.4. The maximum atomic E-state index is 13.7. The molecule has 0 spiro atoms. The number of piperazine rings is 1. The molecule has 2 fully saturated rings. The van der Waals surface area contributed by atoms with Crippen LogP contribution in [0.3, 0.4) is 0 Å². The number of nitrogens with two attached hydrogens (primary N) is 1. The number of benzene rings is 1. The number of rotatable bonds is 8. The summed E-state index contributed by atoms with van der Waals surface area (Å²) in [7, 11) is 0. The third-order valence-electron chi connectivity index (χ3n) is 7.85. The number of imidazole rings is 1. The number of fused-ring (bicyclic) bond motifs is 1. The van der Waals surface area contributed by atoms with Crippen LogP contribution in [0.4, 0.5) is 24.7 Å². The Kier molecular flexibility index (Phi) is 8.66. The highest BCUT2D eigenvalue weighted by Crippen LogP contribution is 2.34. The second-order valence-corrected chi connectivity index (χ2v) is 10.4. The van der Waals surface area contributed by atoms with Crippen molar-refractivity contribution in [3.05, 3.63) is 52.3 Å². The van der Waals surface area contributed by atoms with Gasteiger partial charge in [0.15, 0.2) is 11.5 Å². The van der Waals surface area contributed by atoms with Gasteiger partial charge < -0.3 is 25.0 Å². The van der Waals surface area contributed by atoms with Gasteiger partial charge in [0.1, 0.15) is 12.3 Å². The summed E-state index contributed by atoms with van der Waals surface area (Å²) in [5.41, 5.74) is 7.97. The smallest absolute Gasteiger partial charge is 0.416 e. The van der Waals surface area contributed by atoms with E-state index in [2.05, 4.69) is 21.7 Å². The van der Waals surface area contributed by atoms with E-state index >= 15 is 0 Å². The molecular weight excluding hydrogens is 539 g/mol. The number of likely N-dealkylation sites (N-methyl/N-ethyl adjacent to an activating group) is 1. The van der Waals surface area contributed by atoms with E-state index in [1.807, 2.05) is 4.90 Å². The number of ether oxygens (including phenoxy) is 2. The van der Waals surface area contributed by atoms with E-state index in [0.717, 1.165) is 38.8 Å². The Balaban J connectivity index is 1.44. The number of carbonyl (C=O) groups excluding carboxylic acids is 1. The van der Waals surface area contributed by atoms with Crippen LogP contribution in [-0.2, 0) is 33.5 Å². The highest BCUT2D eigenvalue weighted by molar-refractivity contribution is 5.72. The molecule has 1 aromatic carbocycles. The lowest BCUT2D eigenvalue weighted by molar-refractivity contribution is -0.146. The SMILES string of the molecule is CCN1CCN(CC(=O)OCc2nc3c(N)cc(N4CCOCC4)nn3c2Cc2cccc(C(F)(F)F)c2C)CC1. The molecule has 0 saturated carbocycles. The Bertz CT molecular complexity index is 1380. The van der Waals surface area contributed by atoms with Gasteiger partial charge in [-0.25, -0.2) is 9.50 Å². The molecule has 2 aliphatic heterocycles. The van der Waals surface area contributed by atoms with Crippen LogP contribution in [0.2, 0.25) is 0 Å². The fourth-order valence-corrected chi connectivity index (χ4v) is 5.36. The van der Waals surface area contributed by atoms with Gasteiger partial charge in [-0.3, -0.25) is 9.69 Å². The molecule has 0 aliphatic carbocycles. The van der Waals surface area contributed by atoms with Gasteiger partial charge >= 0.3 is 12.1 Å². The van der Waals surface area contributed by atoms with Crippen molar-refractivity contribution in [1.29, 1.82) is 0 Å². The molecule has 2 aliphatic rings. The molecule has 0 atom stereocenters. The lowest BCUT2D eigenvalue weighted by Crippen LogP contribution is -2.47. The van der Waals surface area contributed by atoms with Crippen LogP contribution in [0.25, 0.3) is 5.65 Å². The first-order chi connectivity index (χ1) is 19.6. The zero-order chi connectivity index (χ0) is 29.1. The first-order valence-electron chi connectivity index (χ1n) is 13.9. The molecule has 0 bridgehead atoms. The Morgan fingerprint density at radius 3 is 2.49 bits per heavy atom. The van der Waals surface area contributed by atoms with Gasteiger partial charge in [-0.05, 0) is 30.7 Å². The average Bonchev–Trinajstić information content (AvgIpc) is 3.31. The van der Waals surface area contributed by atoms with E-state index in [9.17, 15) is 18.0 Å². The molecule has 2 N–H and O–H groups in total. The maximum absolute atomic E-state index is 13.7. The number of nitrogens with zero attached hydrogens (tertiary/aromatic N) is 6. The molecule has 2 aromatic heterocycles. The van der Waals surface area contributed by atoms with Crippen molar-refractivity contribution >= 4 is 23.1 Å². The lowest BCUT2D eigenvalue weighted by atomic mass is 9.98. The van der Waals surface area contributed by atoms with E-state index in [-0.39, 0.29) is 31.1 Å². The molecule has 2 saturated heterocycles. The van der Waals surface area contributed by atoms with Gasteiger partial charge in [0.2, 0.25) is 0 Å². The van der Waals surface area contributed by atoms with Crippen LogP contribution < -0.4 is 10.6 Å². The number of carbonyl (C=O) groups is 1. The fourth-order valence-electron chi connectivity index (χ4n) is 5.36. The summed E-state index contributed by atoms with van der Waals surface area (Å²) in [5.74, 6) is 0.232. The number of hydrogen-bond donors (Lipinski definition) is 1. The van der Waals surface area contributed by atoms with Crippen LogP contribution in [0.5, 0.6) is 0 Å². The molecular formula is C28H36F3N7O3. The summed E-state index contributed by atoms with van der Waals surface area (Å²) >= 11 is 0. The van der Waals surface area contributed by atoms with E-state index in [1.54, 1.807) is 16.6 Å². The predicted octanol–water partition coefficient (Wildman–Crippen LogP) is 2.75. The minimum atomic E-state index is -4.48. The summed E-state index contributed by atoms with van der Waals surface area (Å²) < 4.78 is 53.7. The third kappa shape index (κ3) is 6.57. The molecule has 10 nitrogen and oxygen atoms in total. The molecule has 0 radical (unpaired) electrons. The number of esters is 1. The second kappa shape index (κ2) is 12.2. The normalized spacial score (nSPS) is 17.3. The van der Waals surface area contributed by atoms with Crippen molar-refractivity contribution in [2.24, 2.45) is 0 Å². The van der Waals surface area contributed by atoms with Crippen molar-refractivity contribution < 1.29 is 27.4 Å². The van der Waals surface area contributed by atoms with E-state index in [1.165, 1.54) is 13.0 Å². The molecule has 5 rings (SSSR count). The predicted molar refractivity (Wildman–Crippen MR) is 148 cm³/mol. The molecule has 41 heavy (non-hydrogen) atoms. The molecule has 222 valence electrons.